The Hall–Kier alpha value is -3.56. The van der Waals surface area contributed by atoms with Crippen molar-refractivity contribution in [1.29, 1.82) is 0 Å². The summed E-state index contributed by atoms with van der Waals surface area (Å²) in [5, 5.41) is 13.3. The maximum absolute atomic E-state index is 13.0. The normalized spacial score (nSPS) is 13.0. The Bertz CT molecular complexity index is 1150. The number of carboxylic acids is 1. The molecule has 0 aliphatic carbocycles. The Morgan fingerprint density at radius 2 is 1.42 bits per heavy atom. The highest BCUT2D eigenvalue weighted by Gasteiger charge is 2.37. The first kappa shape index (κ1) is 24.1. The van der Waals surface area contributed by atoms with Crippen LogP contribution in [0.5, 0.6) is 0 Å². The number of carbonyl (C=O) groups is 2. The Labute approximate surface area is 183 Å². The van der Waals surface area contributed by atoms with Crippen LogP contribution in [-0.4, -0.2) is 23.0 Å². The molecular formula is C23H17F6NO3. The molecule has 0 saturated heterocycles. The lowest BCUT2D eigenvalue weighted by atomic mass is 9.98. The van der Waals surface area contributed by atoms with Gasteiger partial charge < -0.3 is 10.4 Å². The number of carboxylic acid groups (broad SMARTS) is 1. The van der Waals surface area contributed by atoms with Gasteiger partial charge in [0.1, 0.15) is 6.04 Å². The van der Waals surface area contributed by atoms with Gasteiger partial charge in [-0.2, -0.15) is 26.3 Å². The number of hydrogen-bond donors (Lipinski definition) is 2. The summed E-state index contributed by atoms with van der Waals surface area (Å²) < 4.78 is 78.1. The molecule has 3 rings (SSSR count). The van der Waals surface area contributed by atoms with Crippen molar-refractivity contribution < 1.29 is 41.0 Å². The first-order valence-corrected chi connectivity index (χ1v) is 9.62. The van der Waals surface area contributed by atoms with Crippen molar-refractivity contribution in [2.24, 2.45) is 0 Å². The van der Waals surface area contributed by atoms with E-state index < -0.39 is 53.4 Å². The number of aliphatic carboxylic acids is 1. The quantitative estimate of drug-likeness (QED) is 0.486. The number of carbonyl (C=O) groups excluding carboxylic acids is 1. The smallest absolute Gasteiger partial charge is 0.416 e. The molecule has 0 heterocycles. The summed E-state index contributed by atoms with van der Waals surface area (Å²) in [6.45, 7) is 0. The van der Waals surface area contributed by atoms with Gasteiger partial charge in [0, 0.05) is 6.42 Å². The fourth-order valence-corrected chi connectivity index (χ4v) is 3.44. The predicted octanol–water partition coefficient (Wildman–Crippen LogP) is 5.23. The van der Waals surface area contributed by atoms with Gasteiger partial charge in [-0.15, -0.1) is 0 Å². The van der Waals surface area contributed by atoms with Crippen molar-refractivity contribution >= 4 is 22.6 Å². The molecule has 2 N–H and O–H groups in total. The topological polar surface area (TPSA) is 66.4 Å². The minimum Gasteiger partial charge on any atom is -0.480 e. The summed E-state index contributed by atoms with van der Waals surface area (Å²) in [6.07, 6.45) is -11.1. The van der Waals surface area contributed by atoms with Crippen molar-refractivity contribution in [3.8, 4) is 0 Å². The predicted molar refractivity (Wildman–Crippen MR) is 107 cm³/mol. The third-order valence-corrected chi connectivity index (χ3v) is 4.95. The minimum atomic E-state index is -5.05. The molecule has 1 amide bonds. The molecule has 33 heavy (non-hydrogen) atoms. The molecule has 3 aromatic rings. The number of alkyl halides is 6. The van der Waals surface area contributed by atoms with E-state index >= 15 is 0 Å². The van der Waals surface area contributed by atoms with E-state index in [4.69, 9.17) is 0 Å². The molecule has 3 aromatic carbocycles. The van der Waals surface area contributed by atoms with Crippen LogP contribution in [0.15, 0.2) is 60.7 Å². The minimum absolute atomic E-state index is 0.0397. The van der Waals surface area contributed by atoms with Crippen molar-refractivity contribution in [1.82, 2.24) is 5.32 Å². The van der Waals surface area contributed by atoms with Crippen molar-refractivity contribution in [2.75, 3.05) is 0 Å². The number of benzene rings is 3. The van der Waals surface area contributed by atoms with Crippen LogP contribution in [0.1, 0.15) is 22.3 Å². The summed E-state index contributed by atoms with van der Waals surface area (Å²) in [4.78, 5) is 24.1. The van der Waals surface area contributed by atoms with E-state index in [0.717, 1.165) is 10.8 Å². The summed E-state index contributed by atoms with van der Waals surface area (Å²) in [5.41, 5.74) is -3.03. The molecule has 0 bridgehead atoms. The Morgan fingerprint density at radius 3 is 2.00 bits per heavy atom. The standard InChI is InChI=1S/C23H17F6NO3/c24-22(25,26)16-8-13(9-17(12-16)23(27,28)29)10-20(31)30-19(21(32)33)11-15-6-3-5-14-4-1-2-7-18(14)15/h1-9,12,19H,10-11H2,(H,30,31)(H,32,33)/t19-/m1/s1. The van der Waals surface area contributed by atoms with Crippen LogP contribution in [0.3, 0.4) is 0 Å². The molecule has 0 aliphatic rings. The molecule has 0 aliphatic heterocycles. The van der Waals surface area contributed by atoms with Gasteiger partial charge in [-0.05, 0) is 40.1 Å². The van der Waals surface area contributed by atoms with E-state index in [2.05, 4.69) is 5.32 Å². The second-order valence-corrected chi connectivity index (χ2v) is 7.39. The third kappa shape index (κ3) is 6.03. The van der Waals surface area contributed by atoms with E-state index in [9.17, 15) is 41.0 Å². The second kappa shape index (κ2) is 9.13. The molecule has 0 fully saturated rings. The fraction of sp³-hybridized carbons (Fsp3) is 0.217. The van der Waals surface area contributed by atoms with E-state index in [1.165, 1.54) is 0 Å². The molecular weight excluding hydrogens is 452 g/mol. The Morgan fingerprint density at radius 1 is 0.848 bits per heavy atom. The maximum atomic E-state index is 13.0. The summed E-state index contributed by atoms with van der Waals surface area (Å²) in [5.74, 6) is -2.41. The number of hydrogen-bond acceptors (Lipinski definition) is 2. The average Bonchev–Trinajstić information content (AvgIpc) is 2.72. The lowest BCUT2D eigenvalue weighted by Gasteiger charge is -2.17. The van der Waals surface area contributed by atoms with Gasteiger partial charge in [-0.3, -0.25) is 4.79 Å². The van der Waals surface area contributed by atoms with E-state index in [0.29, 0.717) is 17.7 Å². The first-order chi connectivity index (χ1) is 15.3. The average molecular weight is 469 g/mol. The largest absolute Gasteiger partial charge is 0.480 e. The van der Waals surface area contributed by atoms with Crippen molar-refractivity contribution in [2.45, 2.75) is 31.2 Å². The molecule has 4 nitrogen and oxygen atoms in total. The first-order valence-electron chi connectivity index (χ1n) is 9.62. The van der Waals surface area contributed by atoms with Crippen molar-refractivity contribution in [3.05, 3.63) is 82.9 Å². The molecule has 0 radical (unpaired) electrons. The molecule has 0 spiro atoms. The van der Waals surface area contributed by atoms with Crippen molar-refractivity contribution in [3.63, 3.8) is 0 Å². The van der Waals surface area contributed by atoms with Gasteiger partial charge in [0.2, 0.25) is 5.91 Å². The van der Waals surface area contributed by atoms with E-state index in [1.54, 1.807) is 30.3 Å². The molecule has 174 valence electrons. The van der Waals surface area contributed by atoms with Gasteiger partial charge in [-0.25, -0.2) is 4.79 Å². The van der Waals surface area contributed by atoms with Crippen LogP contribution in [0.25, 0.3) is 10.8 Å². The molecule has 10 heteroatoms. The van der Waals surface area contributed by atoms with Gasteiger partial charge in [-0.1, -0.05) is 42.5 Å². The van der Waals surface area contributed by atoms with Crippen LogP contribution in [-0.2, 0) is 34.8 Å². The number of fused-ring (bicyclic) bond motifs is 1. The zero-order valence-corrected chi connectivity index (χ0v) is 16.8. The van der Waals surface area contributed by atoms with Gasteiger partial charge >= 0.3 is 18.3 Å². The van der Waals surface area contributed by atoms with Crippen LogP contribution in [0, 0.1) is 0 Å². The van der Waals surface area contributed by atoms with Gasteiger partial charge in [0.05, 0.1) is 17.5 Å². The van der Waals surface area contributed by atoms with Gasteiger partial charge in [0.25, 0.3) is 0 Å². The van der Waals surface area contributed by atoms with Gasteiger partial charge in [0.15, 0.2) is 0 Å². The SMILES string of the molecule is O=C(Cc1cc(C(F)(F)F)cc(C(F)(F)F)c1)N[C@H](Cc1cccc2ccccc12)C(=O)O. The highest BCUT2D eigenvalue weighted by Crippen LogP contribution is 2.36. The molecule has 0 unspecified atom stereocenters. The zero-order chi connectivity index (χ0) is 24.4. The van der Waals surface area contributed by atoms with Crippen LogP contribution in [0.4, 0.5) is 26.3 Å². The molecule has 0 saturated carbocycles. The number of halogens is 6. The maximum Gasteiger partial charge on any atom is 0.416 e. The molecule has 0 aromatic heterocycles. The van der Waals surface area contributed by atoms with Crippen LogP contribution in [0.2, 0.25) is 0 Å². The number of rotatable bonds is 6. The lowest BCUT2D eigenvalue weighted by Crippen LogP contribution is -2.43. The summed E-state index contributed by atoms with van der Waals surface area (Å²) in [7, 11) is 0. The van der Waals surface area contributed by atoms with E-state index in [1.807, 2.05) is 12.1 Å². The number of nitrogens with one attached hydrogen (secondary N) is 1. The van der Waals surface area contributed by atoms with Crippen LogP contribution < -0.4 is 5.32 Å². The molecule has 1 atom stereocenters. The van der Waals surface area contributed by atoms with Crippen LogP contribution >= 0.6 is 0 Å². The fourth-order valence-electron chi connectivity index (χ4n) is 3.44. The summed E-state index contributed by atoms with van der Waals surface area (Å²) >= 11 is 0. The highest BCUT2D eigenvalue weighted by atomic mass is 19.4. The zero-order valence-electron chi connectivity index (χ0n) is 16.8. The number of amides is 1. The lowest BCUT2D eigenvalue weighted by molar-refractivity contribution is -0.143. The highest BCUT2D eigenvalue weighted by molar-refractivity contribution is 5.88. The summed E-state index contributed by atoms with van der Waals surface area (Å²) in [6, 6.07) is 11.7. The monoisotopic (exact) mass is 469 g/mol. The second-order valence-electron chi connectivity index (χ2n) is 7.39. The Kier molecular flexibility index (Phi) is 6.66. The third-order valence-electron chi connectivity index (χ3n) is 4.95. The Balaban J connectivity index is 1.82. The van der Waals surface area contributed by atoms with E-state index in [-0.39, 0.29) is 12.5 Å².